The second kappa shape index (κ2) is 14.1. The summed E-state index contributed by atoms with van der Waals surface area (Å²) in [5.41, 5.74) is 1.75. The third kappa shape index (κ3) is 8.38. The average molecular weight is 621 g/mol. The van der Waals surface area contributed by atoms with Gasteiger partial charge in [0, 0.05) is 22.6 Å². The van der Waals surface area contributed by atoms with E-state index in [-0.39, 0.29) is 39.1 Å². The molecule has 0 spiro atoms. The number of amides is 2. The number of hydrogen-bond acceptors (Lipinski definition) is 5. The van der Waals surface area contributed by atoms with Crippen LogP contribution in [0.3, 0.4) is 0 Å². The van der Waals surface area contributed by atoms with E-state index >= 15 is 0 Å². The third-order valence-electron chi connectivity index (χ3n) is 6.35. The summed E-state index contributed by atoms with van der Waals surface area (Å²) >= 11 is 12.5. The Kier molecular flexibility index (Phi) is 11.1. The number of methoxy groups -OCH3 is 1. The monoisotopic (exact) mass is 619 g/mol. The van der Waals surface area contributed by atoms with Crippen molar-refractivity contribution in [2.24, 2.45) is 0 Å². The van der Waals surface area contributed by atoms with Crippen molar-refractivity contribution in [3.8, 4) is 5.75 Å². The van der Waals surface area contributed by atoms with Gasteiger partial charge in [-0.1, -0.05) is 60.0 Å². The third-order valence-corrected chi connectivity index (χ3v) is 8.58. The maximum atomic E-state index is 14.1. The number of sulfonamides is 1. The number of aryl methyl sites for hydroxylation is 1. The Morgan fingerprint density at radius 3 is 2.05 bits per heavy atom. The molecule has 0 aromatic heterocycles. The van der Waals surface area contributed by atoms with Gasteiger partial charge in [0.15, 0.2) is 0 Å². The van der Waals surface area contributed by atoms with Crippen molar-refractivity contribution >= 4 is 50.7 Å². The minimum absolute atomic E-state index is 0.00158. The smallest absolute Gasteiger partial charge is 0.264 e. The molecule has 0 saturated carbocycles. The largest absolute Gasteiger partial charge is 0.497 e. The molecular formula is C30H35Cl2N3O5S. The van der Waals surface area contributed by atoms with E-state index < -0.39 is 28.5 Å². The van der Waals surface area contributed by atoms with Gasteiger partial charge in [-0.05, 0) is 75.2 Å². The van der Waals surface area contributed by atoms with E-state index in [1.807, 2.05) is 20.8 Å². The van der Waals surface area contributed by atoms with Crippen LogP contribution in [0.2, 0.25) is 10.0 Å². The van der Waals surface area contributed by atoms with Crippen LogP contribution in [-0.2, 0) is 26.2 Å². The predicted molar refractivity (Wildman–Crippen MR) is 163 cm³/mol. The standard InChI is InChI=1S/C30H35Cl2N3O5S/c1-6-28(30(37)33-20(2)3)34(18-22-9-11-26(40-5)12-10-22)29(36)19-35(25-16-23(31)15-24(32)17-25)41(38,39)27-13-7-21(4)8-14-27/h7-17,20,28H,6,18-19H2,1-5H3,(H,33,37). The Labute approximate surface area is 252 Å². The van der Waals surface area contributed by atoms with Crippen molar-refractivity contribution in [3.63, 3.8) is 0 Å². The van der Waals surface area contributed by atoms with Gasteiger partial charge in [0.1, 0.15) is 18.3 Å². The molecule has 1 atom stereocenters. The molecule has 3 aromatic rings. The first kappa shape index (κ1) is 32.2. The predicted octanol–water partition coefficient (Wildman–Crippen LogP) is 5.84. The Hall–Kier alpha value is -3.27. The van der Waals surface area contributed by atoms with Crippen LogP contribution in [0.4, 0.5) is 5.69 Å². The quantitative estimate of drug-likeness (QED) is 0.275. The molecule has 0 bridgehead atoms. The van der Waals surface area contributed by atoms with Crippen molar-refractivity contribution in [1.82, 2.24) is 10.2 Å². The van der Waals surface area contributed by atoms with Crippen LogP contribution in [0.1, 0.15) is 38.3 Å². The van der Waals surface area contributed by atoms with Gasteiger partial charge in [-0.2, -0.15) is 0 Å². The van der Waals surface area contributed by atoms with Gasteiger partial charge in [-0.15, -0.1) is 0 Å². The zero-order valence-electron chi connectivity index (χ0n) is 23.7. The van der Waals surface area contributed by atoms with Gasteiger partial charge < -0.3 is 15.0 Å². The molecule has 0 saturated heterocycles. The summed E-state index contributed by atoms with van der Waals surface area (Å²) in [4.78, 5) is 28.7. The lowest BCUT2D eigenvalue weighted by Crippen LogP contribution is -2.53. The minimum atomic E-state index is -4.24. The van der Waals surface area contributed by atoms with E-state index in [0.717, 1.165) is 15.4 Å². The second-order valence-electron chi connectivity index (χ2n) is 9.91. The maximum Gasteiger partial charge on any atom is 0.264 e. The zero-order valence-corrected chi connectivity index (χ0v) is 26.1. The minimum Gasteiger partial charge on any atom is -0.497 e. The van der Waals surface area contributed by atoms with Crippen molar-refractivity contribution in [2.45, 2.75) is 57.6 Å². The molecule has 2 amide bonds. The lowest BCUT2D eigenvalue weighted by molar-refractivity contribution is -0.140. The normalized spacial score (nSPS) is 12.1. The fraction of sp³-hybridized carbons (Fsp3) is 0.333. The Bertz CT molecular complexity index is 1440. The molecule has 0 aliphatic rings. The molecule has 0 aliphatic heterocycles. The van der Waals surface area contributed by atoms with Crippen LogP contribution in [-0.4, -0.2) is 50.9 Å². The molecule has 3 aromatic carbocycles. The Balaban J connectivity index is 2.09. The molecule has 0 aliphatic carbocycles. The van der Waals surface area contributed by atoms with Gasteiger partial charge in [0.25, 0.3) is 10.0 Å². The number of hydrogen-bond donors (Lipinski definition) is 1. The first-order valence-electron chi connectivity index (χ1n) is 13.1. The molecule has 1 N–H and O–H groups in total. The summed E-state index contributed by atoms with van der Waals surface area (Å²) in [7, 11) is -2.68. The van der Waals surface area contributed by atoms with E-state index in [2.05, 4.69) is 5.32 Å². The highest BCUT2D eigenvalue weighted by Gasteiger charge is 2.34. The van der Waals surface area contributed by atoms with Gasteiger partial charge >= 0.3 is 0 Å². The first-order valence-corrected chi connectivity index (χ1v) is 15.3. The van der Waals surface area contributed by atoms with Crippen molar-refractivity contribution in [3.05, 3.63) is 87.9 Å². The number of halogens is 2. The van der Waals surface area contributed by atoms with E-state index in [1.54, 1.807) is 50.4 Å². The summed E-state index contributed by atoms with van der Waals surface area (Å²) in [6.45, 7) is 6.79. The molecule has 0 fully saturated rings. The van der Waals surface area contributed by atoms with Crippen LogP contribution < -0.4 is 14.4 Å². The Morgan fingerprint density at radius 1 is 0.951 bits per heavy atom. The highest BCUT2D eigenvalue weighted by molar-refractivity contribution is 7.92. The topological polar surface area (TPSA) is 96.0 Å². The van der Waals surface area contributed by atoms with Crippen LogP contribution in [0.5, 0.6) is 5.75 Å². The Morgan fingerprint density at radius 2 is 1.54 bits per heavy atom. The summed E-state index contributed by atoms with van der Waals surface area (Å²) in [5.74, 6) is -0.258. The zero-order chi connectivity index (χ0) is 30.3. The van der Waals surface area contributed by atoms with Gasteiger partial charge in [0.05, 0.1) is 17.7 Å². The lowest BCUT2D eigenvalue weighted by Gasteiger charge is -2.33. The molecular weight excluding hydrogens is 585 g/mol. The highest BCUT2D eigenvalue weighted by atomic mass is 35.5. The molecule has 1 unspecified atom stereocenters. The van der Waals surface area contributed by atoms with Crippen molar-refractivity contribution in [1.29, 1.82) is 0 Å². The highest BCUT2D eigenvalue weighted by Crippen LogP contribution is 2.30. The maximum absolute atomic E-state index is 14.1. The SMILES string of the molecule is CCC(C(=O)NC(C)C)N(Cc1ccc(OC)cc1)C(=O)CN(c1cc(Cl)cc(Cl)c1)S(=O)(=O)c1ccc(C)cc1. The van der Waals surface area contributed by atoms with Crippen LogP contribution in [0.15, 0.2) is 71.6 Å². The van der Waals surface area contributed by atoms with Crippen molar-refractivity contribution < 1.29 is 22.7 Å². The van der Waals surface area contributed by atoms with E-state index in [1.165, 1.54) is 35.2 Å². The molecule has 41 heavy (non-hydrogen) atoms. The summed E-state index contributed by atoms with van der Waals surface area (Å²) in [6.07, 6.45) is 0.314. The molecule has 220 valence electrons. The fourth-order valence-electron chi connectivity index (χ4n) is 4.28. The first-order chi connectivity index (χ1) is 19.3. The number of nitrogens with one attached hydrogen (secondary N) is 1. The second-order valence-corrected chi connectivity index (χ2v) is 12.6. The molecule has 11 heteroatoms. The lowest BCUT2D eigenvalue weighted by atomic mass is 10.1. The number of anilines is 1. The molecule has 0 heterocycles. The number of ether oxygens (including phenoxy) is 1. The summed E-state index contributed by atoms with van der Waals surface area (Å²) in [6, 6.07) is 16.8. The summed E-state index contributed by atoms with van der Waals surface area (Å²) < 4.78 is 34.1. The molecule has 3 rings (SSSR count). The molecule has 0 radical (unpaired) electrons. The van der Waals surface area contributed by atoms with E-state index in [9.17, 15) is 18.0 Å². The van der Waals surface area contributed by atoms with Gasteiger partial charge in [-0.25, -0.2) is 8.42 Å². The number of carbonyl (C=O) groups excluding carboxylic acids is 2. The van der Waals surface area contributed by atoms with Crippen LogP contribution >= 0.6 is 23.2 Å². The van der Waals surface area contributed by atoms with Gasteiger partial charge in [0.2, 0.25) is 11.8 Å². The number of rotatable bonds is 12. The number of benzene rings is 3. The molecule has 8 nitrogen and oxygen atoms in total. The van der Waals surface area contributed by atoms with Gasteiger partial charge in [-0.3, -0.25) is 13.9 Å². The number of carbonyl (C=O) groups is 2. The van der Waals surface area contributed by atoms with Crippen LogP contribution in [0.25, 0.3) is 0 Å². The fourth-order valence-corrected chi connectivity index (χ4v) is 6.19. The van der Waals surface area contributed by atoms with Crippen molar-refractivity contribution in [2.75, 3.05) is 18.0 Å². The average Bonchev–Trinajstić information content (AvgIpc) is 2.91. The summed E-state index contributed by atoms with van der Waals surface area (Å²) in [5, 5.41) is 3.30. The van der Waals surface area contributed by atoms with E-state index in [0.29, 0.717) is 12.2 Å². The van der Waals surface area contributed by atoms with E-state index in [4.69, 9.17) is 27.9 Å². The number of nitrogens with zero attached hydrogens (tertiary/aromatic N) is 2. The van der Waals surface area contributed by atoms with Crippen LogP contribution in [0, 0.1) is 6.92 Å².